The van der Waals surface area contributed by atoms with Gasteiger partial charge in [-0.25, -0.2) is 8.42 Å². The summed E-state index contributed by atoms with van der Waals surface area (Å²) in [5.74, 6) is 0. The molecule has 0 amide bonds. The fourth-order valence-corrected chi connectivity index (χ4v) is 2.96. The van der Waals surface area contributed by atoms with Crippen LogP contribution in [0, 0.1) is 10.1 Å². The second-order valence-electron chi connectivity index (χ2n) is 3.87. The van der Waals surface area contributed by atoms with E-state index in [1.54, 1.807) is 0 Å². The number of nitro groups is 1. The molecule has 1 aromatic carbocycles. The maximum absolute atomic E-state index is 12.3. The molecule has 0 atom stereocenters. The summed E-state index contributed by atoms with van der Waals surface area (Å²) in [5.41, 5.74) is -0.186. The fourth-order valence-electron chi connectivity index (χ4n) is 1.55. The first kappa shape index (κ1) is 16.5. The van der Waals surface area contributed by atoms with Gasteiger partial charge in [0.15, 0.2) is 0 Å². The molecule has 8 nitrogen and oxygen atoms in total. The molecule has 0 aliphatic carbocycles. The van der Waals surface area contributed by atoms with E-state index in [9.17, 15) is 18.5 Å². The van der Waals surface area contributed by atoms with Crippen molar-refractivity contribution in [2.75, 3.05) is 33.4 Å². The van der Waals surface area contributed by atoms with Gasteiger partial charge in [0, 0.05) is 32.3 Å². The van der Waals surface area contributed by atoms with Gasteiger partial charge in [-0.15, -0.1) is 0 Å². The Labute approximate surface area is 116 Å². The van der Waals surface area contributed by atoms with Crippen molar-refractivity contribution < 1.29 is 23.2 Å². The lowest BCUT2D eigenvalue weighted by Gasteiger charge is -2.20. The Morgan fingerprint density at radius 2 is 1.90 bits per heavy atom. The van der Waals surface area contributed by atoms with Crippen molar-refractivity contribution in [1.29, 1.82) is 0 Å². The van der Waals surface area contributed by atoms with E-state index >= 15 is 0 Å². The van der Waals surface area contributed by atoms with E-state index in [4.69, 9.17) is 9.84 Å². The zero-order valence-corrected chi connectivity index (χ0v) is 11.7. The van der Waals surface area contributed by atoms with Gasteiger partial charge in [0.1, 0.15) is 0 Å². The van der Waals surface area contributed by atoms with Crippen molar-refractivity contribution in [2.45, 2.75) is 4.90 Å². The van der Waals surface area contributed by atoms with Crippen LogP contribution in [0.2, 0.25) is 0 Å². The zero-order chi connectivity index (χ0) is 15.2. The number of benzene rings is 1. The molecule has 1 rings (SSSR count). The minimum atomic E-state index is -3.81. The van der Waals surface area contributed by atoms with Crippen LogP contribution in [0.4, 0.5) is 5.69 Å². The molecular formula is C11H16N2O6S. The van der Waals surface area contributed by atoms with Gasteiger partial charge in [0.25, 0.3) is 5.69 Å². The highest BCUT2D eigenvalue weighted by Crippen LogP contribution is 2.19. The topological polar surface area (TPSA) is 110 Å². The van der Waals surface area contributed by atoms with Crippen LogP contribution in [0.5, 0.6) is 0 Å². The molecule has 0 bridgehead atoms. The van der Waals surface area contributed by atoms with E-state index in [0.717, 1.165) is 16.4 Å². The third-order valence-corrected chi connectivity index (χ3v) is 4.49. The van der Waals surface area contributed by atoms with Crippen LogP contribution >= 0.6 is 0 Å². The highest BCUT2D eigenvalue weighted by Gasteiger charge is 2.24. The van der Waals surface area contributed by atoms with Crippen molar-refractivity contribution in [3.05, 3.63) is 34.4 Å². The smallest absolute Gasteiger partial charge is 0.269 e. The van der Waals surface area contributed by atoms with Crippen LogP contribution in [0.1, 0.15) is 0 Å². The van der Waals surface area contributed by atoms with Crippen molar-refractivity contribution in [3.63, 3.8) is 0 Å². The maximum atomic E-state index is 12.3. The monoisotopic (exact) mass is 304 g/mol. The van der Waals surface area contributed by atoms with Crippen LogP contribution < -0.4 is 0 Å². The van der Waals surface area contributed by atoms with E-state index in [1.807, 2.05) is 0 Å². The molecule has 0 saturated carbocycles. The lowest BCUT2D eigenvalue weighted by Crippen LogP contribution is -2.36. The molecule has 9 heteroatoms. The Hall–Kier alpha value is -1.55. The highest BCUT2D eigenvalue weighted by atomic mass is 32.2. The van der Waals surface area contributed by atoms with Crippen LogP contribution in [0.3, 0.4) is 0 Å². The van der Waals surface area contributed by atoms with Gasteiger partial charge in [-0.2, -0.15) is 4.31 Å². The average Bonchev–Trinajstić information content (AvgIpc) is 2.43. The number of methoxy groups -OCH3 is 1. The molecular weight excluding hydrogens is 288 g/mol. The number of nitrogens with zero attached hydrogens (tertiary/aromatic N) is 2. The van der Waals surface area contributed by atoms with Gasteiger partial charge in [-0.3, -0.25) is 10.1 Å². The molecule has 0 unspecified atom stereocenters. The molecule has 20 heavy (non-hydrogen) atoms. The Morgan fingerprint density at radius 3 is 2.35 bits per heavy atom. The van der Waals surface area contributed by atoms with E-state index in [2.05, 4.69) is 0 Å². The third-order valence-electron chi connectivity index (χ3n) is 2.58. The Morgan fingerprint density at radius 1 is 1.30 bits per heavy atom. The second kappa shape index (κ2) is 7.29. The van der Waals surface area contributed by atoms with Gasteiger partial charge in [0.05, 0.1) is 23.0 Å². The molecule has 0 heterocycles. The van der Waals surface area contributed by atoms with Crippen LogP contribution in [-0.4, -0.2) is 56.2 Å². The van der Waals surface area contributed by atoms with E-state index < -0.39 is 14.9 Å². The quantitative estimate of drug-likeness (QED) is 0.543. The Bertz CT molecular complexity index is 543. The number of sulfonamides is 1. The van der Waals surface area contributed by atoms with Crippen LogP contribution in [-0.2, 0) is 14.8 Å². The lowest BCUT2D eigenvalue weighted by molar-refractivity contribution is -0.384. The molecule has 0 saturated heterocycles. The lowest BCUT2D eigenvalue weighted by atomic mass is 10.3. The zero-order valence-electron chi connectivity index (χ0n) is 10.9. The van der Waals surface area contributed by atoms with Gasteiger partial charge in [0.2, 0.25) is 10.0 Å². The number of ether oxygens (including phenoxy) is 1. The molecule has 112 valence electrons. The normalized spacial score (nSPS) is 11.8. The minimum absolute atomic E-state index is 0.0624. The van der Waals surface area contributed by atoms with Crippen LogP contribution in [0.25, 0.3) is 0 Å². The number of hydrogen-bond acceptors (Lipinski definition) is 6. The number of nitro benzene ring substituents is 1. The number of non-ortho nitro benzene ring substituents is 1. The molecule has 0 aliphatic rings. The van der Waals surface area contributed by atoms with Gasteiger partial charge >= 0.3 is 0 Å². The van der Waals surface area contributed by atoms with Crippen molar-refractivity contribution in [2.24, 2.45) is 0 Å². The predicted molar refractivity (Wildman–Crippen MR) is 70.8 cm³/mol. The van der Waals surface area contributed by atoms with E-state index in [-0.39, 0.29) is 36.9 Å². The van der Waals surface area contributed by atoms with Gasteiger partial charge in [-0.1, -0.05) is 0 Å². The first-order chi connectivity index (χ1) is 9.43. The molecule has 0 aromatic heterocycles. The number of hydrogen-bond donors (Lipinski definition) is 1. The van der Waals surface area contributed by atoms with Crippen LogP contribution in [0.15, 0.2) is 29.2 Å². The first-order valence-electron chi connectivity index (χ1n) is 5.78. The molecule has 1 N–H and O–H groups in total. The van der Waals surface area contributed by atoms with E-state index in [0.29, 0.717) is 0 Å². The molecule has 0 radical (unpaired) electrons. The first-order valence-corrected chi connectivity index (χ1v) is 7.22. The SMILES string of the molecule is COCCN(CCO)S(=O)(=O)c1ccc([N+](=O)[O-])cc1. The summed E-state index contributed by atoms with van der Waals surface area (Å²) in [7, 11) is -2.37. The summed E-state index contributed by atoms with van der Waals surface area (Å²) >= 11 is 0. The number of aliphatic hydroxyl groups is 1. The predicted octanol–water partition coefficient (Wildman–Crippen LogP) is 0.224. The summed E-state index contributed by atoms with van der Waals surface area (Å²) in [6.45, 7) is -0.110. The van der Waals surface area contributed by atoms with Gasteiger partial charge < -0.3 is 9.84 Å². The number of aliphatic hydroxyl groups excluding tert-OH is 1. The summed E-state index contributed by atoms with van der Waals surface area (Å²) in [4.78, 5) is 9.87. The van der Waals surface area contributed by atoms with Crippen molar-refractivity contribution >= 4 is 15.7 Å². The van der Waals surface area contributed by atoms with Gasteiger partial charge in [-0.05, 0) is 12.1 Å². The third kappa shape index (κ3) is 3.97. The Balaban J connectivity index is 3.02. The van der Waals surface area contributed by atoms with E-state index in [1.165, 1.54) is 19.2 Å². The van der Waals surface area contributed by atoms with Crippen molar-refractivity contribution in [1.82, 2.24) is 4.31 Å². The molecule has 0 fully saturated rings. The minimum Gasteiger partial charge on any atom is -0.395 e. The maximum Gasteiger partial charge on any atom is 0.269 e. The highest BCUT2D eigenvalue weighted by molar-refractivity contribution is 7.89. The summed E-state index contributed by atoms with van der Waals surface area (Å²) in [5, 5.41) is 19.5. The molecule has 0 spiro atoms. The average molecular weight is 304 g/mol. The molecule has 1 aromatic rings. The number of rotatable bonds is 8. The second-order valence-corrected chi connectivity index (χ2v) is 5.81. The fraction of sp³-hybridized carbons (Fsp3) is 0.455. The van der Waals surface area contributed by atoms with Crippen molar-refractivity contribution in [3.8, 4) is 0 Å². The summed E-state index contributed by atoms with van der Waals surface area (Å²) < 4.78 is 30.5. The standard InChI is InChI=1S/C11H16N2O6S/c1-19-9-7-12(6-8-14)20(17,18)11-4-2-10(3-5-11)13(15)16/h2-5,14H,6-9H2,1H3. The largest absolute Gasteiger partial charge is 0.395 e. The summed E-state index contributed by atoms with van der Waals surface area (Å²) in [6.07, 6.45) is 0. The summed E-state index contributed by atoms with van der Waals surface area (Å²) in [6, 6.07) is 4.59. The molecule has 0 aliphatic heterocycles. The Kier molecular flexibility index (Phi) is 6.02.